The number of carbonyl (C=O) groups is 1. The summed E-state index contributed by atoms with van der Waals surface area (Å²) in [4.78, 5) is 13.0. The first kappa shape index (κ1) is 21.9. The highest BCUT2D eigenvalue weighted by atomic mass is 35.5. The third kappa shape index (κ3) is 7.58. The SMILES string of the molecule is Cc1ccc(COc2ccc(/C=N\NC(=O)CCSc3ccc(Cl)cc3)cc2)cc1. The van der Waals surface area contributed by atoms with Gasteiger partial charge < -0.3 is 4.74 Å². The highest BCUT2D eigenvalue weighted by Gasteiger charge is 2.01. The molecule has 0 aromatic heterocycles. The molecule has 0 unspecified atom stereocenters. The van der Waals surface area contributed by atoms with Gasteiger partial charge in [-0.1, -0.05) is 41.4 Å². The van der Waals surface area contributed by atoms with Crippen LogP contribution < -0.4 is 10.2 Å². The topological polar surface area (TPSA) is 50.7 Å². The molecule has 0 bridgehead atoms. The number of hydrazone groups is 1. The van der Waals surface area contributed by atoms with Crippen molar-refractivity contribution in [1.29, 1.82) is 0 Å². The smallest absolute Gasteiger partial charge is 0.240 e. The van der Waals surface area contributed by atoms with Crippen LogP contribution in [0, 0.1) is 6.92 Å². The van der Waals surface area contributed by atoms with Crippen molar-refractivity contribution in [2.24, 2.45) is 5.10 Å². The van der Waals surface area contributed by atoms with Crippen LogP contribution in [0.2, 0.25) is 5.02 Å². The number of nitrogens with one attached hydrogen (secondary N) is 1. The molecule has 0 aliphatic carbocycles. The van der Waals surface area contributed by atoms with Crippen molar-refractivity contribution in [3.05, 3.63) is 94.5 Å². The second-order valence-corrected chi connectivity index (χ2v) is 8.29. The Bertz CT molecular complexity index is 972. The second-order valence-electron chi connectivity index (χ2n) is 6.69. The van der Waals surface area contributed by atoms with Crippen molar-refractivity contribution in [2.45, 2.75) is 24.8 Å². The molecule has 0 aliphatic heterocycles. The van der Waals surface area contributed by atoms with Crippen LogP contribution in [0.15, 0.2) is 82.8 Å². The number of rotatable bonds is 9. The van der Waals surface area contributed by atoms with Crippen LogP contribution in [-0.2, 0) is 11.4 Å². The van der Waals surface area contributed by atoms with Crippen molar-refractivity contribution in [3.8, 4) is 5.75 Å². The van der Waals surface area contributed by atoms with E-state index in [-0.39, 0.29) is 5.91 Å². The first-order chi connectivity index (χ1) is 14.6. The molecule has 0 heterocycles. The van der Waals surface area contributed by atoms with Crippen molar-refractivity contribution < 1.29 is 9.53 Å². The lowest BCUT2D eigenvalue weighted by Crippen LogP contribution is -2.17. The lowest BCUT2D eigenvalue weighted by atomic mass is 10.2. The standard InChI is InChI=1S/C24H23ClN2O2S/c1-18-2-4-20(5-3-18)17-29-22-10-6-19(7-11-22)16-26-27-24(28)14-15-30-23-12-8-21(25)9-13-23/h2-13,16H,14-15,17H2,1H3,(H,27,28)/b26-16-. The van der Waals surface area contributed by atoms with Crippen LogP contribution >= 0.6 is 23.4 Å². The average molecular weight is 439 g/mol. The molecule has 6 heteroatoms. The molecule has 3 aromatic rings. The van der Waals surface area contributed by atoms with Crippen LogP contribution in [0.25, 0.3) is 0 Å². The summed E-state index contributed by atoms with van der Waals surface area (Å²) < 4.78 is 5.79. The Morgan fingerprint density at radius 1 is 1.03 bits per heavy atom. The Labute approximate surface area is 186 Å². The van der Waals surface area contributed by atoms with Gasteiger partial charge in [-0.2, -0.15) is 5.10 Å². The number of hydrogen-bond donors (Lipinski definition) is 1. The van der Waals surface area contributed by atoms with E-state index < -0.39 is 0 Å². The molecule has 0 radical (unpaired) electrons. The fourth-order valence-electron chi connectivity index (χ4n) is 2.53. The number of halogens is 1. The summed E-state index contributed by atoms with van der Waals surface area (Å²) in [6.07, 6.45) is 2.00. The van der Waals surface area contributed by atoms with E-state index in [1.54, 1.807) is 18.0 Å². The largest absolute Gasteiger partial charge is 0.489 e. The van der Waals surface area contributed by atoms with E-state index in [2.05, 4.69) is 41.7 Å². The Kier molecular flexibility index (Phi) is 8.36. The molecule has 0 saturated carbocycles. The zero-order valence-corrected chi connectivity index (χ0v) is 18.2. The fourth-order valence-corrected chi connectivity index (χ4v) is 3.51. The summed E-state index contributed by atoms with van der Waals surface area (Å²) in [6, 6.07) is 23.4. The van der Waals surface area contributed by atoms with E-state index in [1.807, 2.05) is 48.5 Å². The fraction of sp³-hybridized carbons (Fsp3) is 0.167. The number of benzene rings is 3. The van der Waals surface area contributed by atoms with Crippen molar-refractivity contribution in [2.75, 3.05) is 5.75 Å². The highest BCUT2D eigenvalue weighted by molar-refractivity contribution is 7.99. The predicted octanol–water partition coefficient (Wildman–Crippen LogP) is 5.86. The molecular formula is C24H23ClN2O2S. The predicted molar refractivity (Wildman–Crippen MR) is 124 cm³/mol. The van der Waals surface area contributed by atoms with Crippen molar-refractivity contribution in [3.63, 3.8) is 0 Å². The van der Waals surface area contributed by atoms with E-state index in [0.717, 1.165) is 21.8 Å². The third-order valence-corrected chi connectivity index (χ3v) is 5.49. The summed E-state index contributed by atoms with van der Waals surface area (Å²) in [7, 11) is 0. The zero-order chi connectivity index (χ0) is 21.2. The minimum Gasteiger partial charge on any atom is -0.489 e. The van der Waals surface area contributed by atoms with Gasteiger partial charge in [0.15, 0.2) is 0 Å². The summed E-state index contributed by atoms with van der Waals surface area (Å²) in [6.45, 7) is 2.59. The number of ether oxygens (including phenoxy) is 1. The van der Waals surface area contributed by atoms with Crippen LogP contribution in [-0.4, -0.2) is 17.9 Å². The lowest BCUT2D eigenvalue weighted by molar-refractivity contribution is -0.120. The molecule has 0 spiro atoms. The maximum atomic E-state index is 11.9. The van der Waals surface area contributed by atoms with Gasteiger partial charge in [-0.05, 0) is 66.6 Å². The Morgan fingerprint density at radius 2 is 1.73 bits per heavy atom. The van der Waals surface area contributed by atoms with E-state index in [1.165, 1.54) is 5.56 Å². The Hall–Kier alpha value is -2.76. The minimum atomic E-state index is -0.120. The number of nitrogens with zero attached hydrogens (tertiary/aromatic N) is 1. The van der Waals surface area contributed by atoms with Gasteiger partial charge in [0.25, 0.3) is 0 Å². The number of amides is 1. The highest BCUT2D eigenvalue weighted by Crippen LogP contribution is 2.20. The van der Waals surface area contributed by atoms with Crippen molar-refractivity contribution >= 4 is 35.5 Å². The Morgan fingerprint density at radius 3 is 2.43 bits per heavy atom. The number of hydrogen-bond acceptors (Lipinski definition) is 4. The van der Waals surface area contributed by atoms with Crippen molar-refractivity contribution in [1.82, 2.24) is 5.43 Å². The molecule has 0 saturated heterocycles. The number of thioether (sulfide) groups is 1. The normalized spacial score (nSPS) is 10.9. The molecule has 1 amide bonds. The van der Waals surface area contributed by atoms with Gasteiger partial charge in [0, 0.05) is 22.1 Å². The van der Waals surface area contributed by atoms with Gasteiger partial charge in [0.2, 0.25) is 5.91 Å². The summed E-state index contributed by atoms with van der Waals surface area (Å²) >= 11 is 7.47. The van der Waals surface area contributed by atoms with Gasteiger partial charge in [-0.3, -0.25) is 4.79 Å². The molecule has 3 aromatic carbocycles. The van der Waals surface area contributed by atoms with Crippen LogP contribution in [0.1, 0.15) is 23.1 Å². The average Bonchev–Trinajstić information content (AvgIpc) is 2.76. The quantitative estimate of drug-likeness (QED) is 0.258. The Balaban J connectivity index is 1.37. The molecule has 30 heavy (non-hydrogen) atoms. The molecule has 0 fully saturated rings. The monoisotopic (exact) mass is 438 g/mol. The van der Waals surface area contributed by atoms with Gasteiger partial charge in [0.1, 0.15) is 12.4 Å². The molecule has 0 aliphatic rings. The van der Waals surface area contributed by atoms with E-state index in [0.29, 0.717) is 23.8 Å². The second kappa shape index (κ2) is 11.4. The molecular weight excluding hydrogens is 416 g/mol. The van der Waals surface area contributed by atoms with Crippen LogP contribution in [0.3, 0.4) is 0 Å². The van der Waals surface area contributed by atoms with Crippen LogP contribution in [0.4, 0.5) is 0 Å². The maximum absolute atomic E-state index is 11.9. The number of aryl methyl sites for hydroxylation is 1. The van der Waals surface area contributed by atoms with Gasteiger partial charge in [-0.25, -0.2) is 5.43 Å². The van der Waals surface area contributed by atoms with Gasteiger partial charge in [0.05, 0.1) is 6.21 Å². The minimum absolute atomic E-state index is 0.120. The summed E-state index contributed by atoms with van der Waals surface area (Å²) in [5.74, 6) is 1.34. The summed E-state index contributed by atoms with van der Waals surface area (Å²) in [5.41, 5.74) is 5.80. The lowest BCUT2D eigenvalue weighted by Gasteiger charge is -2.07. The molecule has 1 N–H and O–H groups in total. The summed E-state index contributed by atoms with van der Waals surface area (Å²) in [5, 5.41) is 4.72. The first-order valence-electron chi connectivity index (χ1n) is 9.57. The first-order valence-corrected chi connectivity index (χ1v) is 10.9. The van der Waals surface area contributed by atoms with E-state index in [9.17, 15) is 4.79 Å². The van der Waals surface area contributed by atoms with Gasteiger partial charge >= 0.3 is 0 Å². The van der Waals surface area contributed by atoms with E-state index in [4.69, 9.17) is 16.3 Å². The molecule has 0 atom stereocenters. The molecule has 4 nitrogen and oxygen atoms in total. The zero-order valence-electron chi connectivity index (χ0n) is 16.7. The molecule has 154 valence electrons. The van der Waals surface area contributed by atoms with Crippen LogP contribution in [0.5, 0.6) is 5.75 Å². The molecule has 3 rings (SSSR count). The maximum Gasteiger partial charge on any atom is 0.240 e. The number of carbonyl (C=O) groups excluding carboxylic acids is 1. The van der Waals surface area contributed by atoms with Gasteiger partial charge in [-0.15, -0.1) is 11.8 Å². The van der Waals surface area contributed by atoms with E-state index >= 15 is 0 Å². The third-order valence-electron chi connectivity index (χ3n) is 4.22.